The SMILES string of the molecule is CCCCC(CC)CNCC(C)C(C)(C)C. The standard InChI is InChI=1S/C15H33N/c1-7-9-10-14(8-2)12-16-11-13(3)15(4,5)6/h13-14,16H,7-12H2,1-6H3. The first-order valence-electron chi connectivity index (χ1n) is 7.12. The van der Waals surface area contributed by atoms with Crippen molar-refractivity contribution in [1.82, 2.24) is 5.32 Å². The lowest BCUT2D eigenvalue weighted by Crippen LogP contribution is -2.32. The van der Waals surface area contributed by atoms with Crippen molar-refractivity contribution in [2.24, 2.45) is 17.3 Å². The molecule has 0 aliphatic rings. The lowest BCUT2D eigenvalue weighted by molar-refractivity contribution is 0.247. The Balaban J connectivity index is 3.69. The first-order chi connectivity index (χ1) is 7.41. The van der Waals surface area contributed by atoms with Gasteiger partial charge in [0.05, 0.1) is 0 Å². The second-order valence-corrected chi connectivity index (χ2v) is 6.34. The van der Waals surface area contributed by atoms with Crippen molar-refractivity contribution in [3.63, 3.8) is 0 Å². The van der Waals surface area contributed by atoms with Crippen LogP contribution in [0, 0.1) is 17.3 Å². The van der Waals surface area contributed by atoms with Crippen LogP contribution in [0.3, 0.4) is 0 Å². The molecule has 2 unspecified atom stereocenters. The largest absolute Gasteiger partial charge is 0.316 e. The maximum absolute atomic E-state index is 3.65. The van der Waals surface area contributed by atoms with Crippen LogP contribution in [0.25, 0.3) is 0 Å². The van der Waals surface area contributed by atoms with Crippen LogP contribution in [-0.4, -0.2) is 13.1 Å². The minimum atomic E-state index is 0.429. The van der Waals surface area contributed by atoms with E-state index in [1.54, 1.807) is 0 Å². The molecule has 1 heteroatoms. The van der Waals surface area contributed by atoms with Crippen molar-refractivity contribution in [3.05, 3.63) is 0 Å². The molecule has 0 bridgehead atoms. The molecule has 0 rings (SSSR count). The Morgan fingerprint density at radius 1 is 1.06 bits per heavy atom. The molecule has 0 amide bonds. The second-order valence-electron chi connectivity index (χ2n) is 6.34. The fourth-order valence-electron chi connectivity index (χ4n) is 1.75. The van der Waals surface area contributed by atoms with Crippen LogP contribution >= 0.6 is 0 Å². The summed E-state index contributed by atoms with van der Waals surface area (Å²) in [6.45, 7) is 16.3. The molecule has 0 saturated heterocycles. The first-order valence-corrected chi connectivity index (χ1v) is 7.12. The Bertz CT molecular complexity index is 157. The molecule has 16 heavy (non-hydrogen) atoms. The minimum Gasteiger partial charge on any atom is -0.316 e. The van der Waals surface area contributed by atoms with Crippen molar-refractivity contribution in [3.8, 4) is 0 Å². The van der Waals surface area contributed by atoms with E-state index in [4.69, 9.17) is 0 Å². The molecule has 0 spiro atoms. The Labute approximate surface area is 103 Å². The number of hydrogen-bond acceptors (Lipinski definition) is 1. The minimum absolute atomic E-state index is 0.429. The number of rotatable bonds is 8. The number of unbranched alkanes of at least 4 members (excludes halogenated alkanes) is 1. The molecule has 0 aliphatic heterocycles. The Hall–Kier alpha value is -0.0400. The summed E-state index contributed by atoms with van der Waals surface area (Å²) in [5, 5.41) is 3.65. The van der Waals surface area contributed by atoms with E-state index in [1.807, 2.05) is 0 Å². The zero-order chi connectivity index (χ0) is 12.6. The van der Waals surface area contributed by atoms with E-state index in [0.29, 0.717) is 5.41 Å². The highest BCUT2D eigenvalue weighted by molar-refractivity contribution is 4.72. The Kier molecular flexibility index (Phi) is 8.09. The van der Waals surface area contributed by atoms with Crippen LogP contribution in [0.1, 0.15) is 67.2 Å². The van der Waals surface area contributed by atoms with Gasteiger partial charge in [-0.2, -0.15) is 0 Å². The molecule has 0 fully saturated rings. The average molecular weight is 227 g/mol. The van der Waals surface area contributed by atoms with Gasteiger partial charge >= 0.3 is 0 Å². The van der Waals surface area contributed by atoms with Crippen LogP contribution < -0.4 is 5.32 Å². The lowest BCUT2D eigenvalue weighted by atomic mass is 9.82. The Morgan fingerprint density at radius 3 is 2.12 bits per heavy atom. The third-order valence-corrected chi connectivity index (χ3v) is 3.91. The fourth-order valence-corrected chi connectivity index (χ4v) is 1.75. The van der Waals surface area contributed by atoms with Crippen LogP contribution in [-0.2, 0) is 0 Å². The highest BCUT2D eigenvalue weighted by Crippen LogP contribution is 2.24. The molecule has 98 valence electrons. The average Bonchev–Trinajstić information content (AvgIpc) is 2.21. The third-order valence-electron chi connectivity index (χ3n) is 3.91. The molecule has 0 aromatic rings. The van der Waals surface area contributed by atoms with Gasteiger partial charge in [-0.1, -0.05) is 60.8 Å². The van der Waals surface area contributed by atoms with Gasteiger partial charge in [-0.25, -0.2) is 0 Å². The monoisotopic (exact) mass is 227 g/mol. The summed E-state index contributed by atoms with van der Waals surface area (Å²) in [6, 6.07) is 0. The molecule has 0 aliphatic carbocycles. The van der Waals surface area contributed by atoms with Gasteiger partial charge in [0, 0.05) is 0 Å². The van der Waals surface area contributed by atoms with Gasteiger partial charge in [-0.3, -0.25) is 0 Å². The van der Waals surface area contributed by atoms with E-state index >= 15 is 0 Å². The highest BCUT2D eigenvalue weighted by Gasteiger charge is 2.19. The van der Waals surface area contributed by atoms with E-state index in [-0.39, 0.29) is 0 Å². The zero-order valence-corrected chi connectivity index (χ0v) is 12.4. The van der Waals surface area contributed by atoms with Crippen molar-refractivity contribution in [1.29, 1.82) is 0 Å². The summed E-state index contributed by atoms with van der Waals surface area (Å²) in [5.41, 5.74) is 0.429. The number of hydrogen-bond donors (Lipinski definition) is 1. The quantitative estimate of drug-likeness (QED) is 0.645. The van der Waals surface area contributed by atoms with Gasteiger partial charge in [0.25, 0.3) is 0 Å². The van der Waals surface area contributed by atoms with Crippen molar-refractivity contribution in [2.45, 2.75) is 67.2 Å². The van der Waals surface area contributed by atoms with Gasteiger partial charge in [0.1, 0.15) is 0 Å². The maximum atomic E-state index is 3.65. The van der Waals surface area contributed by atoms with E-state index in [0.717, 1.165) is 18.4 Å². The van der Waals surface area contributed by atoms with Crippen molar-refractivity contribution >= 4 is 0 Å². The van der Waals surface area contributed by atoms with Crippen LogP contribution in [0.2, 0.25) is 0 Å². The van der Waals surface area contributed by atoms with E-state index < -0.39 is 0 Å². The molecule has 2 atom stereocenters. The van der Waals surface area contributed by atoms with E-state index in [1.165, 1.54) is 32.2 Å². The predicted octanol–water partition coefficient (Wildman–Crippen LogP) is 4.47. The molecular weight excluding hydrogens is 194 g/mol. The molecule has 0 heterocycles. The van der Waals surface area contributed by atoms with Crippen LogP contribution in [0.4, 0.5) is 0 Å². The van der Waals surface area contributed by atoms with Gasteiger partial charge in [-0.15, -0.1) is 0 Å². The second kappa shape index (κ2) is 8.11. The number of nitrogens with one attached hydrogen (secondary N) is 1. The van der Waals surface area contributed by atoms with Gasteiger partial charge < -0.3 is 5.32 Å². The fraction of sp³-hybridized carbons (Fsp3) is 1.00. The molecule has 0 aromatic heterocycles. The molecular formula is C15H33N. The Morgan fingerprint density at radius 2 is 1.69 bits per heavy atom. The van der Waals surface area contributed by atoms with Crippen LogP contribution in [0.5, 0.6) is 0 Å². The third kappa shape index (κ3) is 7.27. The molecule has 1 N–H and O–H groups in total. The summed E-state index contributed by atoms with van der Waals surface area (Å²) in [4.78, 5) is 0. The molecule has 0 saturated carbocycles. The summed E-state index contributed by atoms with van der Waals surface area (Å²) in [5.74, 6) is 1.63. The van der Waals surface area contributed by atoms with E-state index in [2.05, 4.69) is 46.9 Å². The normalized spacial score (nSPS) is 16.1. The van der Waals surface area contributed by atoms with Crippen molar-refractivity contribution in [2.75, 3.05) is 13.1 Å². The smallest absolute Gasteiger partial charge is 0.00180 e. The molecule has 0 radical (unpaired) electrons. The van der Waals surface area contributed by atoms with E-state index in [9.17, 15) is 0 Å². The summed E-state index contributed by atoms with van der Waals surface area (Å²) in [6.07, 6.45) is 5.42. The molecule has 1 nitrogen and oxygen atoms in total. The maximum Gasteiger partial charge on any atom is -0.00180 e. The van der Waals surface area contributed by atoms with Gasteiger partial charge in [-0.05, 0) is 36.8 Å². The summed E-state index contributed by atoms with van der Waals surface area (Å²) >= 11 is 0. The lowest BCUT2D eigenvalue weighted by Gasteiger charge is -2.28. The predicted molar refractivity (Wildman–Crippen MR) is 74.8 cm³/mol. The topological polar surface area (TPSA) is 12.0 Å². The summed E-state index contributed by atoms with van der Waals surface area (Å²) in [7, 11) is 0. The first kappa shape index (κ1) is 16.0. The van der Waals surface area contributed by atoms with Crippen LogP contribution in [0.15, 0.2) is 0 Å². The van der Waals surface area contributed by atoms with Gasteiger partial charge in [0.2, 0.25) is 0 Å². The van der Waals surface area contributed by atoms with Gasteiger partial charge in [0.15, 0.2) is 0 Å². The molecule has 0 aromatic carbocycles. The zero-order valence-electron chi connectivity index (χ0n) is 12.4. The van der Waals surface area contributed by atoms with Crippen molar-refractivity contribution < 1.29 is 0 Å². The summed E-state index contributed by atoms with van der Waals surface area (Å²) < 4.78 is 0. The highest BCUT2D eigenvalue weighted by atomic mass is 14.9.